The summed E-state index contributed by atoms with van der Waals surface area (Å²) in [5.74, 6) is -1.80. The van der Waals surface area contributed by atoms with Crippen LogP contribution in [0.5, 0.6) is 0 Å². The number of nitrogens with zero attached hydrogens (tertiary/aromatic N) is 3. The average Bonchev–Trinajstić information content (AvgIpc) is 2.46. The second-order valence-electron chi connectivity index (χ2n) is 4.61. The fraction of sp³-hybridized carbons (Fsp3) is 0.143. The largest absolute Gasteiger partial charge is 0.480 e. The van der Waals surface area contributed by atoms with Crippen molar-refractivity contribution in [3.05, 3.63) is 67.2 Å². The number of rotatable bonds is 4. The number of halogens is 2. The highest BCUT2D eigenvalue weighted by Crippen LogP contribution is 2.14. The highest BCUT2D eigenvalue weighted by atomic mass is 35.5. The first-order chi connectivity index (χ1) is 10.8. The SMILES string of the molecule is Cc1cc(=O)n(N=Cc2cc(F)ccc2Cl)c(=O)n1CC(=O)O. The van der Waals surface area contributed by atoms with Crippen molar-refractivity contribution in [2.75, 3.05) is 0 Å². The van der Waals surface area contributed by atoms with Gasteiger partial charge < -0.3 is 5.11 Å². The number of carbonyl (C=O) groups is 1. The van der Waals surface area contributed by atoms with E-state index in [2.05, 4.69) is 5.10 Å². The smallest absolute Gasteiger partial charge is 0.352 e. The summed E-state index contributed by atoms with van der Waals surface area (Å²) in [4.78, 5) is 34.8. The summed E-state index contributed by atoms with van der Waals surface area (Å²) in [6, 6.07) is 4.62. The van der Waals surface area contributed by atoms with Crippen molar-refractivity contribution in [3.63, 3.8) is 0 Å². The average molecular weight is 340 g/mol. The molecule has 2 rings (SSSR count). The minimum atomic E-state index is -1.24. The van der Waals surface area contributed by atoms with Gasteiger partial charge in [0.05, 0.1) is 6.21 Å². The highest BCUT2D eigenvalue weighted by molar-refractivity contribution is 6.33. The van der Waals surface area contributed by atoms with E-state index in [1.54, 1.807) is 0 Å². The summed E-state index contributed by atoms with van der Waals surface area (Å²) in [6.45, 7) is 0.824. The first-order valence-electron chi connectivity index (χ1n) is 6.34. The number of aryl methyl sites for hydroxylation is 1. The molecule has 0 atom stereocenters. The number of aromatic nitrogens is 2. The van der Waals surface area contributed by atoms with Gasteiger partial charge in [0.25, 0.3) is 5.56 Å². The Kier molecular flexibility index (Phi) is 4.75. The Bertz CT molecular complexity index is 917. The van der Waals surface area contributed by atoms with Crippen molar-refractivity contribution in [1.29, 1.82) is 0 Å². The van der Waals surface area contributed by atoms with E-state index >= 15 is 0 Å². The molecule has 9 heteroatoms. The van der Waals surface area contributed by atoms with Crippen LogP contribution in [0.1, 0.15) is 11.3 Å². The number of carboxylic acid groups (broad SMARTS) is 1. The lowest BCUT2D eigenvalue weighted by Crippen LogP contribution is -2.39. The number of benzene rings is 1. The van der Waals surface area contributed by atoms with Gasteiger partial charge in [-0.1, -0.05) is 11.6 Å². The molecule has 0 amide bonds. The van der Waals surface area contributed by atoms with E-state index in [1.165, 1.54) is 13.0 Å². The summed E-state index contributed by atoms with van der Waals surface area (Å²) in [5.41, 5.74) is -1.29. The molecule has 1 aromatic carbocycles. The van der Waals surface area contributed by atoms with Gasteiger partial charge in [-0.05, 0) is 25.1 Å². The van der Waals surface area contributed by atoms with Crippen molar-refractivity contribution in [2.45, 2.75) is 13.5 Å². The van der Waals surface area contributed by atoms with E-state index in [4.69, 9.17) is 16.7 Å². The van der Waals surface area contributed by atoms with Crippen molar-refractivity contribution < 1.29 is 14.3 Å². The Morgan fingerprint density at radius 3 is 2.74 bits per heavy atom. The second-order valence-corrected chi connectivity index (χ2v) is 5.02. The van der Waals surface area contributed by atoms with Crippen molar-refractivity contribution in [2.24, 2.45) is 5.10 Å². The molecule has 0 aliphatic heterocycles. The summed E-state index contributed by atoms with van der Waals surface area (Å²) in [6.07, 6.45) is 1.05. The predicted octanol–water partition coefficient (Wildman–Crippen LogP) is 1.08. The minimum Gasteiger partial charge on any atom is -0.480 e. The van der Waals surface area contributed by atoms with Crippen LogP contribution in [-0.4, -0.2) is 26.5 Å². The van der Waals surface area contributed by atoms with Crippen LogP contribution in [0.25, 0.3) is 0 Å². The van der Waals surface area contributed by atoms with Crippen LogP contribution in [0.3, 0.4) is 0 Å². The fourth-order valence-electron chi connectivity index (χ4n) is 1.84. The highest BCUT2D eigenvalue weighted by Gasteiger charge is 2.11. The Morgan fingerprint density at radius 2 is 2.09 bits per heavy atom. The normalized spacial score (nSPS) is 11.1. The number of hydrogen-bond acceptors (Lipinski definition) is 4. The molecule has 7 nitrogen and oxygen atoms in total. The molecule has 0 bridgehead atoms. The molecule has 1 N–H and O–H groups in total. The maximum Gasteiger partial charge on any atom is 0.352 e. The zero-order valence-electron chi connectivity index (χ0n) is 11.9. The molecular weight excluding hydrogens is 329 g/mol. The zero-order valence-corrected chi connectivity index (χ0v) is 12.6. The van der Waals surface area contributed by atoms with Gasteiger partial charge in [-0.3, -0.25) is 14.2 Å². The van der Waals surface area contributed by atoms with E-state index in [0.29, 0.717) is 4.68 Å². The lowest BCUT2D eigenvalue weighted by molar-refractivity contribution is -0.137. The molecule has 1 aromatic heterocycles. The van der Waals surface area contributed by atoms with Crippen molar-refractivity contribution >= 4 is 23.8 Å². The third-order valence-electron chi connectivity index (χ3n) is 2.94. The molecule has 0 saturated heterocycles. The standard InChI is InChI=1S/C14H11ClFN3O4/c1-8-4-12(20)19(14(23)18(8)7-13(21)22)17-6-9-5-10(16)2-3-11(9)15/h2-6H,7H2,1H3,(H,21,22). The van der Waals surface area contributed by atoms with Gasteiger partial charge in [-0.15, -0.1) is 4.68 Å². The molecule has 1 heterocycles. The van der Waals surface area contributed by atoms with E-state index in [0.717, 1.165) is 29.0 Å². The topological polar surface area (TPSA) is 93.7 Å². The molecule has 0 unspecified atom stereocenters. The maximum absolute atomic E-state index is 13.2. The monoisotopic (exact) mass is 339 g/mol. The molecule has 0 fully saturated rings. The Labute approximate surface area is 133 Å². The fourth-order valence-corrected chi connectivity index (χ4v) is 2.01. The van der Waals surface area contributed by atoms with E-state index in [-0.39, 0.29) is 16.3 Å². The van der Waals surface area contributed by atoms with Gasteiger partial charge in [0.2, 0.25) is 0 Å². The molecular formula is C14H11ClFN3O4. The molecule has 2 aromatic rings. The van der Waals surface area contributed by atoms with Gasteiger partial charge in [0.15, 0.2) is 0 Å². The molecule has 0 aliphatic rings. The summed E-state index contributed by atoms with van der Waals surface area (Å²) in [5, 5.41) is 12.7. The minimum absolute atomic E-state index is 0.170. The van der Waals surface area contributed by atoms with Crippen molar-refractivity contribution in [1.82, 2.24) is 9.24 Å². The zero-order chi connectivity index (χ0) is 17.1. The molecule has 0 radical (unpaired) electrons. The van der Waals surface area contributed by atoms with Crippen LogP contribution in [0, 0.1) is 12.7 Å². The summed E-state index contributed by atoms with van der Waals surface area (Å²) >= 11 is 5.86. The summed E-state index contributed by atoms with van der Waals surface area (Å²) < 4.78 is 14.5. The van der Waals surface area contributed by atoms with Crippen LogP contribution in [0.2, 0.25) is 5.02 Å². The molecule has 23 heavy (non-hydrogen) atoms. The Morgan fingerprint density at radius 1 is 1.39 bits per heavy atom. The lowest BCUT2D eigenvalue weighted by Gasteiger charge is -2.08. The van der Waals surface area contributed by atoms with Crippen LogP contribution < -0.4 is 11.2 Å². The van der Waals surface area contributed by atoms with Gasteiger partial charge in [0.1, 0.15) is 12.4 Å². The van der Waals surface area contributed by atoms with Gasteiger partial charge in [-0.2, -0.15) is 5.10 Å². The predicted molar refractivity (Wildman–Crippen MR) is 81.7 cm³/mol. The lowest BCUT2D eigenvalue weighted by atomic mass is 10.2. The summed E-state index contributed by atoms with van der Waals surface area (Å²) in [7, 11) is 0. The van der Waals surface area contributed by atoms with E-state index < -0.39 is 29.6 Å². The van der Waals surface area contributed by atoms with Gasteiger partial charge in [0, 0.05) is 22.3 Å². The van der Waals surface area contributed by atoms with E-state index in [9.17, 15) is 18.8 Å². The number of hydrogen-bond donors (Lipinski definition) is 1. The molecule has 0 aliphatic carbocycles. The third-order valence-corrected chi connectivity index (χ3v) is 3.29. The van der Waals surface area contributed by atoms with Crippen LogP contribution in [0.15, 0.2) is 39.0 Å². The van der Waals surface area contributed by atoms with Crippen LogP contribution >= 0.6 is 11.6 Å². The third kappa shape index (κ3) is 3.72. The first kappa shape index (κ1) is 16.6. The maximum atomic E-state index is 13.2. The molecule has 0 saturated carbocycles. The Balaban J connectivity index is 2.54. The second kappa shape index (κ2) is 6.57. The van der Waals surface area contributed by atoms with Gasteiger partial charge in [-0.25, -0.2) is 9.18 Å². The van der Waals surface area contributed by atoms with Crippen molar-refractivity contribution in [3.8, 4) is 0 Å². The number of carboxylic acids is 1. The molecule has 0 spiro atoms. The molecule has 120 valence electrons. The first-order valence-corrected chi connectivity index (χ1v) is 6.72. The van der Waals surface area contributed by atoms with Gasteiger partial charge >= 0.3 is 11.7 Å². The van der Waals surface area contributed by atoms with E-state index in [1.807, 2.05) is 0 Å². The van der Waals surface area contributed by atoms with Crippen LogP contribution in [-0.2, 0) is 11.3 Å². The Hall–Kier alpha value is -2.74. The van der Waals surface area contributed by atoms with Crippen LogP contribution in [0.4, 0.5) is 4.39 Å². The quantitative estimate of drug-likeness (QED) is 0.843. The number of aliphatic carboxylic acids is 1.